The molecule has 3 nitrogen and oxygen atoms in total. The first-order valence-electron chi connectivity index (χ1n) is 5.60. The number of nitrogens with one attached hydrogen (secondary N) is 1. The molecule has 1 aromatic carbocycles. The molecule has 0 aromatic heterocycles. The molecule has 0 saturated heterocycles. The maximum Gasteiger partial charge on any atom is 0.224 e. The molecule has 0 heterocycles. The molecule has 0 aliphatic carbocycles. The van der Waals surface area contributed by atoms with Gasteiger partial charge in [0.05, 0.1) is 0 Å². The third kappa shape index (κ3) is 3.35. The summed E-state index contributed by atoms with van der Waals surface area (Å²) < 4.78 is 0. The third-order valence-corrected chi connectivity index (χ3v) is 2.68. The standard InChI is InChI=1S/C13H20N2O/c1-9(8-14)7-12(16)15-13-10(2)5-4-6-11(13)3/h4-6,9H,7-8,14H2,1-3H3,(H,15,16). The predicted octanol–water partition coefficient (Wildman–Crippen LogP) is 2.23. The minimum Gasteiger partial charge on any atom is -0.330 e. The molecule has 1 amide bonds. The highest BCUT2D eigenvalue weighted by Gasteiger charge is 2.10. The summed E-state index contributed by atoms with van der Waals surface area (Å²) in [6.07, 6.45) is 0.476. The van der Waals surface area contributed by atoms with Crippen LogP contribution in [0.25, 0.3) is 0 Å². The number of benzene rings is 1. The Balaban J connectivity index is 2.70. The van der Waals surface area contributed by atoms with Gasteiger partial charge in [0, 0.05) is 12.1 Å². The van der Waals surface area contributed by atoms with Gasteiger partial charge >= 0.3 is 0 Å². The largest absolute Gasteiger partial charge is 0.330 e. The Morgan fingerprint density at radius 1 is 1.38 bits per heavy atom. The van der Waals surface area contributed by atoms with E-state index in [0.29, 0.717) is 13.0 Å². The summed E-state index contributed by atoms with van der Waals surface area (Å²) >= 11 is 0. The number of amides is 1. The van der Waals surface area contributed by atoms with Crippen LogP contribution in [0.5, 0.6) is 0 Å². The average molecular weight is 220 g/mol. The zero-order valence-electron chi connectivity index (χ0n) is 10.2. The molecule has 88 valence electrons. The van der Waals surface area contributed by atoms with Crippen LogP contribution in [0.4, 0.5) is 5.69 Å². The summed E-state index contributed by atoms with van der Waals surface area (Å²) in [5.74, 6) is 0.264. The van der Waals surface area contributed by atoms with Gasteiger partial charge < -0.3 is 11.1 Å². The molecule has 1 aromatic rings. The lowest BCUT2D eigenvalue weighted by atomic mass is 10.1. The number of hydrogen-bond donors (Lipinski definition) is 2. The molecule has 3 N–H and O–H groups in total. The number of rotatable bonds is 4. The Hall–Kier alpha value is -1.35. The molecule has 1 unspecified atom stereocenters. The number of hydrogen-bond acceptors (Lipinski definition) is 2. The molecule has 0 spiro atoms. The van der Waals surface area contributed by atoms with Gasteiger partial charge in [0.25, 0.3) is 0 Å². The maximum atomic E-state index is 11.7. The fourth-order valence-corrected chi connectivity index (χ4v) is 1.60. The molecule has 3 heteroatoms. The fourth-order valence-electron chi connectivity index (χ4n) is 1.60. The molecule has 1 atom stereocenters. The lowest BCUT2D eigenvalue weighted by Gasteiger charge is -2.13. The quantitative estimate of drug-likeness (QED) is 0.817. The van der Waals surface area contributed by atoms with Crippen LogP contribution in [-0.2, 0) is 4.79 Å². The van der Waals surface area contributed by atoms with E-state index in [1.165, 1.54) is 0 Å². The number of carbonyl (C=O) groups is 1. The number of aryl methyl sites for hydroxylation is 2. The van der Waals surface area contributed by atoms with E-state index >= 15 is 0 Å². The van der Waals surface area contributed by atoms with Gasteiger partial charge in [0.2, 0.25) is 5.91 Å². The van der Waals surface area contributed by atoms with Crippen LogP contribution in [0.3, 0.4) is 0 Å². The van der Waals surface area contributed by atoms with Crippen molar-refractivity contribution in [1.82, 2.24) is 0 Å². The van der Waals surface area contributed by atoms with Crippen LogP contribution < -0.4 is 11.1 Å². The normalized spacial score (nSPS) is 12.2. The summed E-state index contributed by atoms with van der Waals surface area (Å²) in [5.41, 5.74) is 8.60. The van der Waals surface area contributed by atoms with Gasteiger partial charge in [0.15, 0.2) is 0 Å². The highest BCUT2D eigenvalue weighted by atomic mass is 16.1. The van der Waals surface area contributed by atoms with Gasteiger partial charge in [0.1, 0.15) is 0 Å². The smallest absolute Gasteiger partial charge is 0.224 e. The Morgan fingerprint density at radius 3 is 2.44 bits per heavy atom. The molecule has 0 saturated carbocycles. The van der Waals surface area contributed by atoms with Crippen LogP contribution in [0.1, 0.15) is 24.5 Å². The molecule has 0 aliphatic heterocycles. The number of nitrogens with two attached hydrogens (primary N) is 1. The van der Waals surface area contributed by atoms with Crippen LogP contribution in [0, 0.1) is 19.8 Å². The highest BCUT2D eigenvalue weighted by molar-refractivity contribution is 5.92. The van der Waals surface area contributed by atoms with E-state index in [-0.39, 0.29) is 11.8 Å². The van der Waals surface area contributed by atoms with Gasteiger partial charge in [-0.3, -0.25) is 4.79 Å². The number of anilines is 1. The molecule has 0 bridgehead atoms. The Bertz CT molecular complexity index is 354. The van der Waals surface area contributed by atoms with Crippen LogP contribution in [0.15, 0.2) is 18.2 Å². The van der Waals surface area contributed by atoms with Crippen molar-refractivity contribution in [2.75, 3.05) is 11.9 Å². The third-order valence-electron chi connectivity index (χ3n) is 2.68. The summed E-state index contributed by atoms with van der Waals surface area (Å²) in [6.45, 7) is 6.51. The number of carbonyl (C=O) groups excluding carboxylic acids is 1. The van der Waals surface area contributed by atoms with Gasteiger partial charge in [-0.1, -0.05) is 25.1 Å². The zero-order chi connectivity index (χ0) is 12.1. The van der Waals surface area contributed by atoms with Crippen LogP contribution >= 0.6 is 0 Å². The van der Waals surface area contributed by atoms with Crippen molar-refractivity contribution < 1.29 is 4.79 Å². The average Bonchev–Trinajstić information content (AvgIpc) is 2.23. The molecule has 0 fully saturated rings. The van der Waals surface area contributed by atoms with E-state index in [2.05, 4.69) is 5.32 Å². The Morgan fingerprint density at radius 2 is 1.94 bits per heavy atom. The van der Waals surface area contributed by atoms with Crippen LogP contribution in [0.2, 0.25) is 0 Å². The van der Waals surface area contributed by atoms with Gasteiger partial charge in [-0.2, -0.15) is 0 Å². The van der Waals surface area contributed by atoms with Crippen molar-refractivity contribution >= 4 is 11.6 Å². The lowest BCUT2D eigenvalue weighted by molar-refractivity contribution is -0.116. The van der Waals surface area contributed by atoms with Crippen molar-refractivity contribution in [2.45, 2.75) is 27.2 Å². The van der Waals surface area contributed by atoms with Crippen molar-refractivity contribution in [3.63, 3.8) is 0 Å². The summed E-state index contributed by atoms with van der Waals surface area (Å²) in [5, 5.41) is 2.95. The van der Waals surface area contributed by atoms with Gasteiger partial charge in [-0.25, -0.2) is 0 Å². The molecule has 16 heavy (non-hydrogen) atoms. The van der Waals surface area contributed by atoms with Crippen molar-refractivity contribution in [2.24, 2.45) is 11.7 Å². The minimum atomic E-state index is 0.0374. The Kier molecular flexibility index (Phi) is 4.50. The van der Waals surface area contributed by atoms with Crippen molar-refractivity contribution in [3.8, 4) is 0 Å². The van der Waals surface area contributed by atoms with E-state index in [4.69, 9.17) is 5.73 Å². The maximum absolute atomic E-state index is 11.7. The second-order valence-corrected chi connectivity index (χ2v) is 4.36. The van der Waals surface area contributed by atoms with Gasteiger partial charge in [-0.05, 0) is 37.4 Å². The molecular weight excluding hydrogens is 200 g/mol. The van der Waals surface area contributed by atoms with Crippen molar-refractivity contribution in [1.29, 1.82) is 0 Å². The minimum absolute atomic E-state index is 0.0374. The van der Waals surface area contributed by atoms with E-state index in [1.807, 2.05) is 39.0 Å². The summed E-state index contributed by atoms with van der Waals surface area (Å²) in [4.78, 5) is 11.7. The molecule has 0 aliphatic rings. The fraction of sp³-hybridized carbons (Fsp3) is 0.462. The lowest BCUT2D eigenvalue weighted by Crippen LogP contribution is -2.20. The molecule has 1 rings (SSSR count). The number of para-hydroxylation sites is 1. The zero-order valence-corrected chi connectivity index (χ0v) is 10.2. The van der Waals surface area contributed by atoms with Gasteiger partial charge in [-0.15, -0.1) is 0 Å². The first-order valence-corrected chi connectivity index (χ1v) is 5.60. The van der Waals surface area contributed by atoms with E-state index < -0.39 is 0 Å². The van der Waals surface area contributed by atoms with Crippen molar-refractivity contribution in [3.05, 3.63) is 29.3 Å². The SMILES string of the molecule is Cc1cccc(C)c1NC(=O)CC(C)CN. The monoisotopic (exact) mass is 220 g/mol. The summed E-state index contributed by atoms with van der Waals surface area (Å²) in [6, 6.07) is 5.98. The highest BCUT2D eigenvalue weighted by Crippen LogP contribution is 2.19. The molecule has 0 radical (unpaired) electrons. The van der Waals surface area contributed by atoms with Crippen LogP contribution in [-0.4, -0.2) is 12.5 Å². The molecular formula is C13H20N2O. The van der Waals surface area contributed by atoms with E-state index in [9.17, 15) is 4.79 Å². The summed E-state index contributed by atoms with van der Waals surface area (Å²) in [7, 11) is 0. The van der Waals surface area contributed by atoms with E-state index in [0.717, 1.165) is 16.8 Å². The first kappa shape index (κ1) is 12.7. The Labute approximate surface area is 97.0 Å². The second kappa shape index (κ2) is 5.66. The topological polar surface area (TPSA) is 55.1 Å². The second-order valence-electron chi connectivity index (χ2n) is 4.36. The predicted molar refractivity (Wildman–Crippen MR) is 67.4 cm³/mol. The first-order chi connectivity index (χ1) is 7.54. The van der Waals surface area contributed by atoms with E-state index in [1.54, 1.807) is 0 Å².